The molecule has 0 aliphatic heterocycles. The van der Waals surface area contributed by atoms with Gasteiger partial charge in [-0.1, -0.05) is 6.92 Å². The number of hydroxylamine groups is 1. The number of hydrogen-bond acceptors (Lipinski definition) is 4. The molecule has 0 saturated carbocycles. The van der Waals surface area contributed by atoms with Crippen molar-refractivity contribution in [2.75, 3.05) is 20.3 Å². The van der Waals surface area contributed by atoms with Crippen LogP contribution in [0.4, 0.5) is 0 Å². The minimum atomic E-state index is -0.373. The summed E-state index contributed by atoms with van der Waals surface area (Å²) in [4.78, 5) is 16.8. The first-order valence-electron chi connectivity index (χ1n) is 5.61. The van der Waals surface area contributed by atoms with E-state index in [9.17, 15) is 4.79 Å². The Kier molecular flexibility index (Phi) is 7.29. The molecule has 0 rings (SSSR count). The lowest BCUT2D eigenvalue weighted by Gasteiger charge is -2.26. The van der Waals surface area contributed by atoms with E-state index in [4.69, 9.17) is 9.57 Å². The van der Waals surface area contributed by atoms with Gasteiger partial charge in [-0.15, -0.1) is 0 Å². The third-order valence-corrected chi connectivity index (χ3v) is 2.39. The summed E-state index contributed by atoms with van der Waals surface area (Å²) in [6.45, 7) is 8.70. The molecule has 5 heteroatoms. The van der Waals surface area contributed by atoms with Crippen LogP contribution in [-0.2, 0) is 14.4 Å². The fourth-order valence-corrected chi connectivity index (χ4v) is 0.893. The summed E-state index contributed by atoms with van der Waals surface area (Å²) >= 11 is 0. The zero-order valence-electron chi connectivity index (χ0n) is 10.9. The Bertz CT molecular complexity index is 207. The second-order valence-electron chi connectivity index (χ2n) is 4.41. The molecular formula is C11H24N2O3. The van der Waals surface area contributed by atoms with Gasteiger partial charge in [0.2, 0.25) is 5.91 Å². The first-order chi connectivity index (χ1) is 7.43. The van der Waals surface area contributed by atoms with E-state index < -0.39 is 0 Å². The predicted octanol–water partition coefficient (Wildman–Crippen LogP) is 0.847. The van der Waals surface area contributed by atoms with E-state index in [2.05, 4.69) is 10.8 Å². The topological polar surface area (TPSA) is 59.6 Å². The fraction of sp³-hybridized carbons (Fsp3) is 0.909. The van der Waals surface area contributed by atoms with Crippen LogP contribution in [0, 0.1) is 0 Å². The van der Waals surface area contributed by atoms with Gasteiger partial charge in [0.25, 0.3) is 0 Å². The van der Waals surface area contributed by atoms with Crippen LogP contribution in [0.2, 0.25) is 0 Å². The average molecular weight is 232 g/mol. The maximum absolute atomic E-state index is 11.7. The van der Waals surface area contributed by atoms with Crippen molar-refractivity contribution < 1.29 is 14.4 Å². The van der Waals surface area contributed by atoms with Gasteiger partial charge in [-0.05, 0) is 27.2 Å². The lowest BCUT2D eigenvalue weighted by Crippen LogP contribution is -2.50. The van der Waals surface area contributed by atoms with Crippen molar-refractivity contribution in [2.45, 2.75) is 45.7 Å². The molecule has 0 aromatic rings. The van der Waals surface area contributed by atoms with Gasteiger partial charge >= 0.3 is 0 Å². The molecule has 1 amide bonds. The first kappa shape index (κ1) is 15.3. The van der Waals surface area contributed by atoms with E-state index >= 15 is 0 Å². The van der Waals surface area contributed by atoms with Crippen molar-refractivity contribution >= 4 is 5.91 Å². The van der Waals surface area contributed by atoms with Gasteiger partial charge in [-0.2, -0.15) is 5.48 Å². The van der Waals surface area contributed by atoms with Gasteiger partial charge in [-0.3, -0.25) is 9.63 Å². The number of ether oxygens (including phenoxy) is 1. The molecule has 2 N–H and O–H groups in total. The van der Waals surface area contributed by atoms with Crippen molar-refractivity contribution in [3.05, 3.63) is 0 Å². The zero-order valence-corrected chi connectivity index (χ0v) is 10.9. The Balaban J connectivity index is 3.82. The van der Waals surface area contributed by atoms with Crippen LogP contribution >= 0.6 is 0 Å². The Morgan fingerprint density at radius 2 is 2.00 bits per heavy atom. The number of amides is 1. The van der Waals surface area contributed by atoms with Gasteiger partial charge in [0.1, 0.15) is 6.04 Å². The van der Waals surface area contributed by atoms with Crippen molar-refractivity contribution in [3.8, 4) is 0 Å². The Hall–Kier alpha value is -0.650. The lowest BCUT2D eigenvalue weighted by atomic mass is 10.0. The minimum Gasteiger partial charge on any atom is -0.382 e. The summed E-state index contributed by atoms with van der Waals surface area (Å²) in [5.74, 6) is -0.0655. The molecule has 1 atom stereocenters. The second-order valence-corrected chi connectivity index (χ2v) is 4.41. The summed E-state index contributed by atoms with van der Waals surface area (Å²) in [6.07, 6.45) is 0.885. The molecule has 96 valence electrons. The van der Waals surface area contributed by atoms with Crippen LogP contribution in [0.1, 0.15) is 34.1 Å². The molecule has 0 aromatic heterocycles. The highest BCUT2D eigenvalue weighted by Crippen LogP contribution is 2.06. The van der Waals surface area contributed by atoms with E-state index in [1.54, 1.807) is 14.0 Å². The van der Waals surface area contributed by atoms with Gasteiger partial charge in [-0.25, -0.2) is 0 Å². The van der Waals surface area contributed by atoms with E-state index in [1.165, 1.54) is 0 Å². The smallest absolute Gasteiger partial charge is 0.239 e. The molecule has 0 aliphatic rings. The van der Waals surface area contributed by atoms with E-state index in [1.807, 2.05) is 20.8 Å². The highest BCUT2D eigenvalue weighted by molar-refractivity contribution is 5.81. The van der Waals surface area contributed by atoms with Crippen LogP contribution in [0.15, 0.2) is 0 Å². The Morgan fingerprint density at radius 1 is 1.38 bits per heavy atom. The molecule has 1 unspecified atom stereocenters. The Labute approximate surface area is 97.8 Å². The molecule has 0 heterocycles. The van der Waals surface area contributed by atoms with Gasteiger partial charge in [0.05, 0.1) is 13.2 Å². The van der Waals surface area contributed by atoms with Gasteiger partial charge < -0.3 is 10.1 Å². The zero-order chi connectivity index (χ0) is 12.6. The van der Waals surface area contributed by atoms with Crippen LogP contribution in [0.25, 0.3) is 0 Å². The molecule has 5 nitrogen and oxygen atoms in total. The van der Waals surface area contributed by atoms with E-state index in [-0.39, 0.29) is 17.5 Å². The highest BCUT2D eigenvalue weighted by Gasteiger charge is 2.21. The quantitative estimate of drug-likeness (QED) is 0.481. The van der Waals surface area contributed by atoms with Crippen LogP contribution < -0.4 is 10.8 Å². The summed E-state index contributed by atoms with van der Waals surface area (Å²) in [5, 5.41) is 2.93. The van der Waals surface area contributed by atoms with Crippen LogP contribution in [-0.4, -0.2) is 37.8 Å². The number of carbonyl (C=O) groups is 1. The van der Waals surface area contributed by atoms with Gasteiger partial charge in [0.15, 0.2) is 0 Å². The molecule has 0 fully saturated rings. The summed E-state index contributed by atoms with van der Waals surface area (Å²) in [6, 6.07) is -0.373. The average Bonchev–Trinajstić information content (AvgIpc) is 2.23. The summed E-state index contributed by atoms with van der Waals surface area (Å²) in [5.41, 5.74) is 2.49. The SMILES string of the molecule is CCC(C)(C)NC(=O)C(C)NOCCOC. The molecule has 0 saturated heterocycles. The van der Waals surface area contributed by atoms with Crippen molar-refractivity contribution in [1.29, 1.82) is 0 Å². The van der Waals surface area contributed by atoms with Crippen molar-refractivity contribution in [3.63, 3.8) is 0 Å². The minimum absolute atomic E-state index is 0.0655. The van der Waals surface area contributed by atoms with Crippen LogP contribution in [0.5, 0.6) is 0 Å². The Morgan fingerprint density at radius 3 is 2.50 bits per heavy atom. The normalized spacial score (nSPS) is 13.6. The number of hydrogen-bond donors (Lipinski definition) is 2. The predicted molar refractivity (Wildman–Crippen MR) is 62.9 cm³/mol. The molecule has 0 aliphatic carbocycles. The third kappa shape index (κ3) is 6.76. The molecule has 16 heavy (non-hydrogen) atoms. The second kappa shape index (κ2) is 7.60. The maximum atomic E-state index is 11.7. The first-order valence-corrected chi connectivity index (χ1v) is 5.61. The van der Waals surface area contributed by atoms with Gasteiger partial charge in [0, 0.05) is 12.6 Å². The maximum Gasteiger partial charge on any atom is 0.239 e. The third-order valence-electron chi connectivity index (χ3n) is 2.39. The number of nitrogens with one attached hydrogen (secondary N) is 2. The van der Waals surface area contributed by atoms with E-state index in [0.29, 0.717) is 13.2 Å². The molecular weight excluding hydrogens is 208 g/mol. The summed E-state index contributed by atoms with van der Waals surface area (Å²) < 4.78 is 4.82. The largest absolute Gasteiger partial charge is 0.382 e. The fourth-order valence-electron chi connectivity index (χ4n) is 0.893. The molecule has 0 spiro atoms. The highest BCUT2D eigenvalue weighted by atomic mass is 16.7. The summed E-state index contributed by atoms with van der Waals surface area (Å²) in [7, 11) is 1.60. The van der Waals surface area contributed by atoms with Crippen molar-refractivity contribution in [1.82, 2.24) is 10.8 Å². The molecule has 0 bridgehead atoms. The van der Waals surface area contributed by atoms with Crippen LogP contribution in [0.3, 0.4) is 0 Å². The molecule has 0 aromatic carbocycles. The van der Waals surface area contributed by atoms with E-state index in [0.717, 1.165) is 6.42 Å². The van der Waals surface area contributed by atoms with Crippen molar-refractivity contribution in [2.24, 2.45) is 0 Å². The standard InChI is InChI=1S/C11H24N2O3/c1-6-11(3,4)12-10(14)9(2)13-16-8-7-15-5/h9,13H,6-8H2,1-5H3,(H,12,14). The lowest BCUT2D eigenvalue weighted by molar-refractivity contribution is -0.128. The molecule has 0 radical (unpaired) electrons. The monoisotopic (exact) mass is 232 g/mol. The number of methoxy groups -OCH3 is 1. The number of carbonyl (C=O) groups excluding carboxylic acids is 1. The number of rotatable bonds is 8.